The molecule has 2 rings (SSSR count). The minimum Gasteiger partial charge on any atom is -0.378 e. The van der Waals surface area contributed by atoms with Gasteiger partial charge in [-0.3, -0.25) is 0 Å². The minimum atomic E-state index is 0.250. The molecule has 1 aliphatic carbocycles. The minimum absolute atomic E-state index is 0.250. The molecule has 0 radical (unpaired) electrons. The highest BCUT2D eigenvalue weighted by Crippen LogP contribution is 2.43. The first kappa shape index (κ1) is 14.5. The van der Waals surface area contributed by atoms with Crippen LogP contribution in [0.4, 0.5) is 0 Å². The van der Waals surface area contributed by atoms with Crippen molar-refractivity contribution in [2.45, 2.75) is 52.8 Å². The monoisotopic (exact) mass is 331 g/mol. The molecule has 2 atom stereocenters. The molecule has 1 saturated carbocycles. The molecule has 0 aliphatic heterocycles. The molecule has 1 aliphatic rings. The van der Waals surface area contributed by atoms with Gasteiger partial charge in [0.15, 0.2) is 0 Å². The third-order valence-electron chi connectivity index (χ3n) is 3.98. The summed E-state index contributed by atoms with van der Waals surface area (Å²) >= 11 is 5.43. The maximum Gasteiger partial charge on any atom is 0.0655 e. The molecule has 1 N–H and O–H groups in total. The Morgan fingerprint density at radius 2 is 2.28 bits per heavy atom. The lowest BCUT2D eigenvalue weighted by Gasteiger charge is -2.51. The van der Waals surface area contributed by atoms with Crippen LogP contribution in [-0.2, 0) is 11.3 Å². The molecule has 0 amide bonds. The molecular formula is C14H22BrNOS. The van der Waals surface area contributed by atoms with E-state index >= 15 is 0 Å². The van der Waals surface area contributed by atoms with E-state index in [1.54, 1.807) is 0 Å². The first-order valence-corrected chi connectivity index (χ1v) is 8.16. The Bertz CT molecular complexity index is 396. The van der Waals surface area contributed by atoms with E-state index in [1.807, 2.05) is 11.3 Å². The lowest BCUT2D eigenvalue weighted by molar-refractivity contribution is -0.114. The first-order chi connectivity index (χ1) is 8.45. The quantitative estimate of drug-likeness (QED) is 0.876. The van der Waals surface area contributed by atoms with E-state index in [0.29, 0.717) is 12.1 Å². The summed E-state index contributed by atoms with van der Waals surface area (Å²) in [5.41, 5.74) is 0.250. The van der Waals surface area contributed by atoms with Crippen LogP contribution in [0.2, 0.25) is 0 Å². The Labute approximate surface area is 122 Å². The van der Waals surface area contributed by atoms with E-state index in [0.717, 1.165) is 19.6 Å². The number of ether oxygens (including phenoxy) is 1. The standard InChI is InChI=1S/C14H22BrNOS/c1-5-17-13-7-12(14(13,3)4)16-8-10-6-11(15)9(2)18-10/h6,12-13,16H,5,7-8H2,1-4H3. The maximum atomic E-state index is 5.75. The van der Waals surface area contributed by atoms with Crippen molar-refractivity contribution in [1.29, 1.82) is 0 Å². The van der Waals surface area contributed by atoms with E-state index in [-0.39, 0.29) is 5.41 Å². The molecule has 1 fully saturated rings. The molecule has 0 bridgehead atoms. The highest BCUT2D eigenvalue weighted by atomic mass is 79.9. The predicted molar refractivity (Wildman–Crippen MR) is 81.2 cm³/mol. The van der Waals surface area contributed by atoms with E-state index in [4.69, 9.17) is 4.74 Å². The second-order valence-corrected chi connectivity index (χ2v) is 7.75. The Hall–Kier alpha value is 0.1000. The second-order valence-electron chi connectivity index (χ2n) is 5.55. The topological polar surface area (TPSA) is 21.3 Å². The molecule has 0 spiro atoms. The fourth-order valence-electron chi connectivity index (χ4n) is 2.54. The first-order valence-electron chi connectivity index (χ1n) is 6.55. The van der Waals surface area contributed by atoms with Gasteiger partial charge < -0.3 is 10.1 Å². The lowest BCUT2D eigenvalue weighted by atomic mass is 9.64. The molecule has 0 aromatic carbocycles. The van der Waals surface area contributed by atoms with Crippen LogP contribution in [0.25, 0.3) is 0 Å². The van der Waals surface area contributed by atoms with Gasteiger partial charge in [0.05, 0.1) is 6.10 Å². The molecule has 102 valence electrons. The van der Waals surface area contributed by atoms with Gasteiger partial charge in [-0.05, 0) is 42.3 Å². The maximum absolute atomic E-state index is 5.75. The SMILES string of the molecule is CCOC1CC(NCc2cc(Br)c(C)s2)C1(C)C. The average molecular weight is 332 g/mol. The average Bonchev–Trinajstić information content (AvgIpc) is 2.62. The summed E-state index contributed by atoms with van der Waals surface area (Å²) in [6, 6.07) is 2.79. The summed E-state index contributed by atoms with van der Waals surface area (Å²) in [6.45, 7) is 10.6. The highest BCUT2D eigenvalue weighted by molar-refractivity contribution is 9.10. The van der Waals surface area contributed by atoms with Crippen LogP contribution in [0.15, 0.2) is 10.5 Å². The van der Waals surface area contributed by atoms with Gasteiger partial charge in [-0.15, -0.1) is 11.3 Å². The van der Waals surface area contributed by atoms with Gasteiger partial charge in [-0.2, -0.15) is 0 Å². The van der Waals surface area contributed by atoms with Gasteiger partial charge in [0, 0.05) is 38.8 Å². The Morgan fingerprint density at radius 1 is 1.56 bits per heavy atom. The van der Waals surface area contributed by atoms with Gasteiger partial charge >= 0.3 is 0 Å². The molecular weight excluding hydrogens is 310 g/mol. The van der Waals surface area contributed by atoms with Gasteiger partial charge in [0.2, 0.25) is 0 Å². The van der Waals surface area contributed by atoms with Crippen molar-refractivity contribution in [1.82, 2.24) is 5.32 Å². The zero-order valence-electron chi connectivity index (χ0n) is 11.5. The smallest absolute Gasteiger partial charge is 0.0655 e. The normalized spacial score (nSPS) is 26.1. The van der Waals surface area contributed by atoms with Crippen molar-refractivity contribution in [3.05, 3.63) is 20.3 Å². The molecule has 4 heteroatoms. The van der Waals surface area contributed by atoms with E-state index < -0.39 is 0 Å². The number of aryl methyl sites for hydroxylation is 1. The number of hydrogen-bond donors (Lipinski definition) is 1. The zero-order valence-corrected chi connectivity index (χ0v) is 14.0. The summed E-state index contributed by atoms with van der Waals surface area (Å²) in [7, 11) is 0. The van der Waals surface area contributed by atoms with Crippen LogP contribution in [0.1, 0.15) is 36.9 Å². The van der Waals surface area contributed by atoms with Gasteiger partial charge in [-0.25, -0.2) is 0 Å². The molecule has 1 aromatic heterocycles. The van der Waals surface area contributed by atoms with Crippen molar-refractivity contribution < 1.29 is 4.74 Å². The highest BCUT2D eigenvalue weighted by Gasteiger charge is 2.48. The molecule has 2 nitrogen and oxygen atoms in total. The Kier molecular flexibility index (Phi) is 4.52. The second kappa shape index (κ2) is 5.61. The zero-order chi connectivity index (χ0) is 13.3. The third kappa shape index (κ3) is 2.82. The number of nitrogens with one attached hydrogen (secondary N) is 1. The van der Waals surface area contributed by atoms with E-state index in [9.17, 15) is 0 Å². The summed E-state index contributed by atoms with van der Waals surface area (Å²) in [5.74, 6) is 0. The van der Waals surface area contributed by atoms with Crippen LogP contribution in [-0.4, -0.2) is 18.8 Å². The van der Waals surface area contributed by atoms with Gasteiger partial charge in [0.25, 0.3) is 0 Å². The fourth-order valence-corrected chi connectivity index (χ4v) is 4.10. The van der Waals surface area contributed by atoms with Crippen LogP contribution in [0.3, 0.4) is 0 Å². The Balaban J connectivity index is 1.85. The number of thiophene rings is 1. The van der Waals surface area contributed by atoms with Crippen molar-refractivity contribution in [2.75, 3.05) is 6.61 Å². The van der Waals surface area contributed by atoms with Crippen LogP contribution < -0.4 is 5.32 Å². The van der Waals surface area contributed by atoms with Crippen LogP contribution in [0.5, 0.6) is 0 Å². The van der Waals surface area contributed by atoms with Crippen LogP contribution in [0, 0.1) is 12.3 Å². The van der Waals surface area contributed by atoms with Crippen molar-refractivity contribution >= 4 is 27.3 Å². The van der Waals surface area contributed by atoms with Crippen molar-refractivity contribution in [2.24, 2.45) is 5.41 Å². The van der Waals surface area contributed by atoms with Crippen LogP contribution >= 0.6 is 27.3 Å². The summed E-state index contributed by atoms with van der Waals surface area (Å²) in [4.78, 5) is 2.75. The molecule has 1 heterocycles. The number of hydrogen-bond acceptors (Lipinski definition) is 3. The number of rotatable bonds is 5. The summed E-state index contributed by atoms with van der Waals surface area (Å²) in [5, 5.41) is 3.66. The summed E-state index contributed by atoms with van der Waals surface area (Å²) < 4.78 is 6.98. The fraction of sp³-hybridized carbons (Fsp3) is 0.714. The molecule has 18 heavy (non-hydrogen) atoms. The Morgan fingerprint density at radius 3 is 2.78 bits per heavy atom. The van der Waals surface area contributed by atoms with Gasteiger partial charge in [-0.1, -0.05) is 13.8 Å². The van der Waals surface area contributed by atoms with Crippen molar-refractivity contribution in [3.63, 3.8) is 0 Å². The molecule has 2 unspecified atom stereocenters. The van der Waals surface area contributed by atoms with E-state index in [2.05, 4.69) is 55.0 Å². The summed E-state index contributed by atoms with van der Waals surface area (Å²) in [6.07, 6.45) is 1.55. The van der Waals surface area contributed by atoms with E-state index in [1.165, 1.54) is 14.2 Å². The third-order valence-corrected chi connectivity index (χ3v) is 6.11. The predicted octanol–water partition coefficient (Wildman–Crippen LogP) is 4.11. The molecule has 0 saturated heterocycles. The largest absolute Gasteiger partial charge is 0.378 e. The molecule has 1 aromatic rings. The lowest BCUT2D eigenvalue weighted by Crippen LogP contribution is -2.60. The number of halogens is 1. The van der Waals surface area contributed by atoms with Crippen molar-refractivity contribution in [3.8, 4) is 0 Å². The van der Waals surface area contributed by atoms with Gasteiger partial charge in [0.1, 0.15) is 0 Å².